The van der Waals surface area contributed by atoms with Gasteiger partial charge < -0.3 is 14.5 Å². The van der Waals surface area contributed by atoms with Crippen molar-refractivity contribution in [1.29, 1.82) is 0 Å². The summed E-state index contributed by atoms with van der Waals surface area (Å²) in [5.41, 5.74) is 2.75. The SMILES string of the molecule is CC=C(C=CCCC)N1CCn2nc(-c3ccc(N(C)CC(C)=NC)c(OC)n3)nc2C1C1C=CC(C(F)(F)F)=CC1. The summed E-state index contributed by atoms with van der Waals surface area (Å²) in [5.74, 6) is 1.38. The number of hydrogen-bond acceptors (Lipinski definition) is 7. The van der Waals surface area contributed by atoms with Crippen LogP contribution in [0.15, 0.2) is 64.9 Å². The number of unbranched alkanes of at least 4 members (excludes halogenated alkanes) is 1. The molecule has 2 aromatic heterocycles. The van der Waals surface area contributed by atoms with Crippen LogP contribution >= 0.6 is 0 Å². The maximum absolute atomic E-state index is 13.4. The van der Waals surface area contributed by atoms with Crippen LogP contribution in [0.1, 0.15) is 51.9 Å². The van der Waals surface area contributed by atoms with Crippen LogP contribution in [0, 0.1) is 5.92 Å². The number of anilines is 1. The lowest BCUT2D eigenvalue weighted by Crippen LogP contribution is -2.41. The molecular weight excluding hydrogens is 543 g/mol. The molecule has 226 valence electrons. The van der Waals surface area contributed by atoms with Crippen molar-refractivity contribution in [3.05, 3.63) is 65.7 Å². The summed E-state index contributed by atoms with van der Waals surface area (Å²) in [6, 6.07) is 3.49. The van der Waals surface area contributed by atoms with Crippen LogP contribution in [-0.2, 0) is 6.54 Å². The van der Waals surface area contributed by atoms with E-state index in [1.807, 2.05) is 48.7 Å². The van der Waals surface area contributed by atoms with E-state index in [0.29, 0.717) is 42.9 Å². The van der Waals surface area contributed by atoms with Crippen LogP contribution in [0.4, 0.5) is 18.9 Å². The lowest BCUT2D eigenvalue weighted by Gasteiger charge is -2.41. The third kappa shape index (κ3) is 6.77. The van der Waals surface area contributed by atoms with Crippen LogP contribution in [0.5, 0.6) is 5.88 Å². The maximum atomic E-state index is 13.4. The van der Waals surface area contributed by atoms with Crippen LogP contribution in [0.2, 0.25) is 0 Å². The van der Waals surface area contributed by atoms with Gasteiger partial charge in [0.25, 0.3) is 0 Å². The highest BCUT2D eigenvalue weighted by Gasteiger charge is 2.39. The Morgan fingerprint density at radius 1 is 1.24 bits per heavy atom. The summed E-state index contributed by atoms with van der Waals surface area (Å²) in [5, 5.41) is 4.80. The summed E-state index contributed by atoms with van der Waals surface area (Å²) < 4.78 is 47.7. The standard InChI is InChI=1S/C31H40F3N7O/c1-7-9-10-11-24(8-2)40-18-19-41-29(27(40)22-12-14-23(15-13-22)31(32,33)34)37-28(38-41)25-16-17-26(30(36-25)42-6)39(5)20-21(3)35-4/h8,10-12,14-17,22,27H,7,9,13,18-20H2,1-6H3. The second-order valence-electron chi connectivity index (χ2n) is 10.5. The van der Waals surface area contributed by atoms with E-state index < -0.39 is 11.7 Å². The highest BCUT2D eigenvalue weighted by atomic mass is 19.4. The predicted molar refractivity (Wildman–Crippen MR) is 161 cm³/mol. The van der Waals surface area contributed by atoms with Crippen molar-refractivity contribution in [3.8, 4) is 17.4 Å². The van der Waals surface area contributed by atoms with E-state index >= 15 is 0 Å². The number of methoxy groups -OCH3 is 1. The van der Waals surface area contributed by atoms with Gasteiger partial charge in [0.1, 0.15) is 5.69 Å². The van der Waals surface area contributed by atoms with Crippen molar-refractivity contribution in [2.24, 2.45) is 10.9 Å². The highest BCUT2D eigenvalue weighted by Crippen LogP contribution is 2.41. The first kappa shape index (κ1) is 31.1. The minimum atomic E-state index is -4.37. The molecule has 4 rings (SSSR count). The first-order valence-corrected chi connectivity index (χ1v) is 14.3. The molecule has 0 fully saturated rings. The number of rotatable bonds is 10. The lowest BCUT2D eigenvalue weighted by atomic mass is 9.87. The molecule has 0 aromatic carbocycles. The third-order valence-electron chi connectivity index (χ3n) is 7.61. The highest BCUT2D eigenvalue weighted by molar-refractivity contribution is 5.86. The molecule has 0 radical (unpaired) electrons. The molecule has 42 heavy (non-hydrogen) atoms. The number of nitrogens with zero attached hydrogens (tertiary/aromatic N) is 7. The molecule has 2 aromatic rings. The molecule has 0 amide bonds. The fourth-order valence-electron chi connectivity index (χ4n) is 5.35. The number of allylic oxidation sites excluding steroid dienone is 6. The van der Waals surface area contributed by atoms with Crippen molar-refractivity contribution < 1.29 is 17.9 Å². The predicted octanol–water partition coefficient (Wildman–Crippen LogP) is 6.56. The average Bonchev–Trinajstić information content (AvgIpc) is 3.42. The van der Waals surface area contributed by atoms with E-state index in [4.69, 9.17) is 19.8 Å². The zero-order valence-electron chi connectivity index (χ0n) is 25.2. The van der Waals surface area contributed by atoms with E-state index in [1.54, 1.807) is 20.2 Å². The number of aliphatic imine (C=N–C) groups is 1. The summed E-state index contributed by atoms with van der Waals surface area (Å²) in [4.78, 5) is 18.2. The van der Waals surface area contributed by atoms with Crippen molar-refractivity contribution in [2.45, 2.75) is 58.8 Å². The molecule has 0 N–H and O–H groups in total. The Morgan fingerprint density at radius 2 is 2.02 bits per heavy atom. The molecule has 3 heterocycles. The molecule has 8 nitrogen and oxygen atoms in total. The van der Waals surface area contributed by atoms with Crippen molar-refractivity contribution >= 4 is 11.4 Å². The smallest absolute Gasteiger partial charge is 0.416 e. The summed E-state index contributed by atoms with van der Waals surface area (Å²) in [6.07, 6.45) is 8.28. The molecule has 0 bridgehead atoms. The number of fused-ring (bicyclic) bond motifs is 1. The molecule has 11 heteroatoms. The topological polar surface area (TPSA) is 71.7 Å². The van der Waals surface area contributed by atoms with Gasteiger partial charge in [-0.15, -0.1) is 5.10 Å². The summed E-state index contributed by atoms with van der Waals surface area (Å²) in [7, 11) is 5.29. The minimum Gasteiger partial charge on any atom is -0.480 e. The van der Waals surface area contributed by atoms with E-state index in [2.05, 4.69) is 29.0 Å². The number of aromatic nitrogens is 4. The molecule has 0 saturated heterocycles. The number of pyridine rings is 1. The summed E-state index contributed by atoms with van der Waals surface area (Å²) >= 11 is 0. The third-order valence-corrected chi connectivity index (χ3v) is 7.61. The minimum absolute atomic E-state index is 0.219. The van der Waals surface area contributed by atoms with E-state index in [9.17, 15) is 13.2 Å². The Labute approximate surface area is 246 Å². The van der Waals surface area contributed by atoms with Gasteiger partial charge in [-0.3, -0.25) is 4.99 Å². The van der Waals surface area contributed by atoms with E-state index in [1.165, 1.54) is 12.2 Å². The zero-order valence-corrected chi connectivity index (χ0v) is 25.2. The van der Waals surface area contributed by atoms with Crippen LogP contribution in [0.3, 0.4) is 0 Å². The molecule has 2 atom stereocenters. The largest absolute Gasteiger partial charge is 0.480 e. The summed E-state index contributed by atoms with van der Waals surface area (Å²) in [6.45, 7) is 7.93. The molecule has 1 aliphatic carbocycles. The van der Waals surface area contributed by atoms with Gasteiger partial charge in [-0.2, -0.15) is 13.2 Å². The molecule has 2 unspecified atom stereocenters. The number of hydrogen-bond donors (Lipinski definition) is 0. The van der Waals surface area contributed by atoms with E-state index in [-0.39, 0.29) is 18.4 Å². The normalized spacial score (nSPS) is 19.7. The van der Waals surface area contributed by atoms with Gasteiger partial charge in [0.15, 0.2) is 11.6 Å². The van der Waals surface area contributed by atoms with Gasteiger partial charge in [-0.25, -0.2) is 14.6 Å². The fourth-order valence-corrected chi connectivity index (χ4v) is 5.35. The molecule has 1 aliphatic heterocycles. The second kappa shape index (κ2) is 13.4. The van der Waals surface area contributed by atoms with Gasteiger partial charge in [0.05, 0.1) is 37.5 Å². The first-order chi connectivity index (χ1) is 20.1. The fraction of sp³-hybridized carbons (Fsp3) is 0.484. The first-order valence-electron chi connectivity index (χ1n) is 14.3. The van der Waals surface area contributed by atoms with Crippen LogP contribution in [0.25, 0.3) is 11.5 Å². The Morgan fingerprint density at radius 3 is 2.64 bits per heavy atom. The monoisotopic (exact) mass is 583 g/mol. The average molecular weight is 584 g/mol. The molecule has 2 aliphatic rings. The Kier molecular flexibility index (Phi) is 9.90. The van der Waals surface area contributed by atoms with Gasteiger partial charge >= 0.3 is 6.18 Å². The Balaban J connectivity index is 1.72. The van der Waals surface area contributed by atoms with Crippen LogP contribution < -0.4 is 9.64 Å². The number of alkyl halides is 3. The lowest BCUT2D eigenvalue weighted by molar-refractivity contribution is -0.0888. The van der Waals surface area contributed by atoms with Gasteiger partial charge in [0, 0.05) is 38.0 Å². The molecular formula is C31H40F3N7O. The second-order valence-corrected chi connectivity index (χ2v) is 10.5. The Bertz CT molecular complexity index is 1400. The molecule has 0 saturated carbocycles. The number of ether oxygens (including phenoxy) is 1. The van der Waals surface area contributed by atoms with Crippen LogP contribution in [-0.4, -0.2) is 70.8 Å². The number of halogens is 3. The zero-order chi connectivity index (χ0) is 30.4. The Hall–Kier alpha value is -3.89. The molecule has 0 spiro atoms. The van der Waals surface area contributed by atoms with Gasteiger partial charge in [0.2, 0.25) is 5.88 Å². The van der Waals surface area contributed by atoms with Crippen molar-refractivity contribution in [1.82, 2.24) is 24.6 Å². The quantitative estimate of drug-likeness (QED) is 0.233. The van der Waals surface area contributed by atoms with Gasteiger partial charge in [-0.1, -0.05) is 43.7 Å². The van der Waals surface area contributed by atoms with Crippen molar-refractivity contribution in [2.75, 3.05) is 39.2 Å². The maximum Gasteiger partial charge on any atom is 0.416 e. The van der Waals surface area contributed by atoms with E-state index in [0.717, 1.165) is 29.9 Å². The van der Waals surface area contributed by atoms with Crippen molar-refractivity contribution in [3.63, 3.8) is 0 Å². The van der Waals surface area contributed by atoms with Gasteiger partial charge in [-0.05, 0) is 44.9 Å².